The number of furan rings is 3. The molecule has 5 aromatic heterocycles. The number of para-hydroxylation sites is 5. The first kappa shape index (κ1) is 42.2. The molecule has 0 aliphatic heterocycles. The van der Waals surface area contributed by atoms with Crippen molar-refractivity contribution in [2.24, 2.45) is 0 Å². The lowest BCUT2D eigenvalue weighted by Gasteiger charge is -2.14. The highest BCUT2D eigenvalue weighted by Crippen LogP contribution is 2.43. The van der Waals surface area contributed by atoms with Crippen molar-refractivity contribution in [3.63, 3.8) is 0 Å². The molecular weight excluding hydrogens is 933 g/mol. The van der Waals surface area contributed by atoms with Crippen molar-refractivity contribution in [2.45, 2.75) is 0 Å². The van der Waals surface area contributed by atoms with Crippen LogP contribution in [0.15, 0.2) is 256 Å². The molecule has 0 radical (unpaired) electrons. The zero-order chi connectivity index (χ0) is 49.8. The molecule has 76 heavy (non-hydrogen) atoms. The number of fused-ring (bicyclic) bond motifs is 12. The normalized spacial score (nSPS) is 11.9. The van der Waals surface area contributed by atoms with Gasteiger partial charge in [-0.25, -0.2) is 4.98 Å². The summed E-state index contributed by atoms with van der Waals surface area (Å²) in [5.41, 5.74) is 17.3. The maximum absolute atomic E-state index is 6.61. The fraction of sp³-hybridized carbons (Fsp3) is 0. The smallest absolute Gasteiger partial charge is 0.238 e. The first-order valence-corrected chi connectivity index (χ1v) is 25.5. The Morgan fingerprint density at radius 1 is 0.263 bits per heavy atom. The van der Waals surface area contributed by atoms with Crippen LogP contribution in [0.25, 0.3) is 161 Å². The summed E-state index contributed by atoms with van der Waals surface area (Å²) in [5.74, 6) is 1.60. The maximum Gasteiger partial charge on any atom is 0.238 e. The second-order valence-electron chi connectivity index (χ2n) is 19.5. The van der Waals surface area contributed by atoms with Gasteiger partial charge in [0.1, 0.15) is 33.5 Å². The first-order chi connectivity index (χ1) is 37.6. The fourth-order valence-corrected chi connectivity index (χ4v) is 11.5. The predicted octanol–water partition coefficient (Wildman–Crippen LogP) is 18.7. The van der Waals surface area contributed by atoms with Gasteiger partial charge in [-0.05, 0) is 100 Å². The molecule has 16 rings (SSSR count). The van der Waals surface area contributed by atoms with Gasteiger partial charge in [-0.15, -0.1) is 0 Å². The van der Waals surface area contributed by atoms with E-state index in [1.807, 2.05) is 78.9 Å². The molecule has 0 aliphatic rings. The molecule has 0 saturated heterocycles. The minimum atomic E-state index is 0.499. The van der Waals surface area contributed by atoms with Crippen LogP contribution in [-0.4, -0.2) is 19.5 Å². The van der Waals surface area contributed by atoms with Crippen LogP contribution in [0, 0.1) is 0 Å². The minimum absolute atomic E-state index is 0.499. The zero-order valence-corrected chi connectivity index (χ0v) is 40.6. The molecule has 16 aromatic rings. The Hall–Kier alpha value is -10.4. The van der Waals surface area contributed by atoms with Crippen LogP contribution in [-0.2, 0) is 0 Å². The van der Waals surface area contributed by atoms with E-state index in [-0.39, 0.29) is 0 Å². The molecular formula is C69H40N4O3. The Balaban J connectivity index is 0.903. The van der Waals surface area contributed by atoms with E-state index in [1.165, 1.54) is 0 Å². The predicted molar refractivity (Wildman–Crippen MR) is 309 cm³/mol. The van der Waals surface area contributed by atoms with Gasteiger partial charge < -0.3 is 13.3 Å². The van der Waals surface area contributed by atoms with E-state index in [0.29, 0.717) is 17.6 Å². The molecule has 0 amide bonds. The maximum atomic E-state index is 6.61. The molecule has 354 valence electrons. The molecule has 0 unspecified atom stereocenters. The van der Waals surface area contributed by atoms with Crippen molar-refractivity contribution in [3.05, 3.63) is 243 Å². The first-order valence-electron chi connectivity index (χ1n) is 25.5. The number of aromatic nitrogens is 4. The van der Waals surface area contributed by atoms with Crippen molar-refractivity contribution in [2.75, 3.05) is 0 Å². The highest BCUT2D eigenvalue weighted by molar-refractivity contribution is 6.16. The molecule has 7 heteroatoms. The van der Waals surface area contributed by atoms with Gasteiger partial charge in [0.05, 0.1) is 11.0 Å². The molecule has 5 heterocycles. The van der Waals surface area contributed by atoms with E-state index in [4.69, 9.17) is 28.2 Å². The average molecular weight is 973 g/mol. The lowest BCUT2D eigenvalue weighted by molar-refractivity contribution is 0.668. The van der Waals surface area contributed by atoms with E-state index >= 15 is 0 Å². The van der Waals surface area contributed by atoms with Gasteiger partial charge in [-0.2, -0.15) is 9.97 Å². The summed E-state index contributed by atoms with van der Waals surface area (Å²) in [6.45, 7) is 0. The highest BCUT2D eigenvalue weighted by Gasteiger charge is 2.23. The van der Waals surface area contributed by atoms with E-state index in [0.717, 1.165) is 143 Å². The summed E-state index contributed by atoms with van der Waals surface area (Å²) in [6, 6.07) is 84.7. The summed E-state index contributed by atoms with van der Waals surface area (Å²) >= 11 is 0. The molecule has 0 atom stereocenters. The van der Waals surface area contributed by atoms with Crippen LogP contribution >= 0.6 is 0 Å². The van der Waals surface area contributed by atoms with E-state index < -0.39 is 0 Å². The number of rotatable bonds is 7. The summed E-state index contributed by atoms with van der Waals surface area (Å²) < 4.78 is 21.6. The van der Waals surface area contributed by atoms with Crippen molar-refractivity contribution >= 4 is 87.6 Å². The Labute approximate surface area is 434 Å². The molecule has 0 fully saturated rings. The van der Waals surface area contributed by atoms with E-state index in [1.54, 1.807) is 0 Å². The molecule has 7 nitrogen and oxygen atoms in total. The van der Waals surface area contributed by atoms with E-state index in [9.17, 15) is 0 Å². The van der Waals surface area contributed by atoms with Crippen molar-refractivity contribution < 1.29 is 13.3 Å². The van der Waals surface area contributed by atoms with Crippen LogP contribution in [0.2, 0.25) is 0 Å². The molecule has 0 N–H and O–H groups in total. The fourth-order valence-electron chi connectivity index (χ4n) is 11.5. The SMILES string of the molecule is c1ccc(-c2nc(-c3ccc4c(c3)oc3ccccc34)nc(-n3c4ccc(-c5cccc6c5oc5ccccc56)cc4c4cccc(-c5cccc(-c6cccc(-c7ccc8c(c7)oc7ccccc78)c6)c5)c43)n2)cc1. The molecule has 0 bridgehead atoms. The lowest BCUT2D eigenvalue weighted by atomic mass is 9.95. The standard InChI is InChI=1S/C69H40N4O3/c1-2-14-41(15-3-1)67-70-68(48-31-34-55-52-21-5-8-28-61(52)75-64(55)40-48)72-69(71-67)73-59-35-32-47(50-24-13-26-57-53-22-6-9-29-62(53)76-66(50)57)38-58(59)56-25-12-23-49(65(56)73)46-19-11-18-44(37-46)42-16-10-17-43(36-42)45-30-33-54-51-20-4-7-27-60(51)74-63(54)39-45/h1-40H. The number of hydrogen-bond acceptors (Lipinski definition) is 6. The van der Waals surface area contributed by atoms with Crippen LogP contribution in [0.1, 0.15) is 0 Å². The van der Waals surface area contributed by atoms with Gasteiger partial charge >= 0.3 is 0 Å². The molecule has 0 spiro atoms. The molecule has 0 aliphatic carbocycles. The Morgan fingerprint density at radius 2 is 0.724 bits per heavy atom. The quantitative estimate of drug-likeness (QED) is 0.158. The van der Waals surface area contributed by atoms with Gasteiger partial charge in [0, 0.05) is 65.3 Å². The summed E-state index contributed by atoms with van der Waals surface area (Å²) in [7, 11) is 0. The van der Waals surface area contributed by atoms with Crippen LogP contribution in [0.3, 0.4) is 0 Å². The highest BCUT2D eigenvalue weighted by atomic mass is 16.3. The monoisotopic (exact) mass is 972 g/mol. The Morgan fingerprint density at radius 3 is 1.42 bits per heavy atom. The van der Waals surface area contributed by atoms with E-state index in [2.05, 4.69) is 168 Å². The largest absolute Gasteiger partial charge is 0.456 e. The van der Waals surface area contributed by atoms with Gasteiger partial charge in [-0.1, -0.05) is 176 Å². The lowest BCUT2D eigenvalue weighted by Crippen LogP contribution is -2.07. The second-order valence-corrected chi connectivity index (χ2v) is 19.5. The van der Waals surface area contributed by atoms with Gasteiger partial charge in [0.15, 0.2) is 11.6 Å². The summed E-state index contributed by atoms with van der Waals surface area (Å²) in [6.07, 6.45) is 0. The van der Waals surface area contributed by atoms with Crippen molar-refractivity contribution in [1.29, 1.82) is 0 Å². The number of nitrogens with zero attached hydrogens (tertiary/aromatic N) is 4. The topological polar surface area (TPSA) is 83.0 Å². The van der Waals surface area contributed by atoms with Gasteiger partial charge in [0.2, 0.25) is 5.95 Å². The second kappa shape index (κ2) is 16.6. The van der Waals surface area contributed by atoms with Gasteiger partial charge in [-0.3, -0.25) is 4.57 Å². The van der Waals surface area contributed by atoms with Crippen molar-refractivity contribution in [1.82, 2.24) is 19.5 Å². The molecule has 0 saturated carbocycles. The van der Waals surface area contributed by atoms with Crippen LogP contribution in [0.5, 0.6) is 0 Å². The average Bonchev–Trinajstić information content (AvgIpc) is 4.26. The Bertz CT molecular complexity index is 5020. The summed E-state index contributed by atoms with van der Waals surface area (Å²) in [4.78, 5) is 16.0. The summed E-state index contributed by atoms with van der Waals surface area (Å²) in [5, 5.41) is 8.64. The van der Waals surface area contributed by atoms with Crippen molar-refractivity contribution in [3.8, 4) is 73.2 Å². The van der Waals surface area contributed by atoms with Gasteiger partial charge in [0.25, 0.3) is 0 Å². The number of benzene rings is 11. The third-order valence-electron chi connectivity index (χ3n) is 15.1. The van der Waals surface area contributed by atoms with Crippen LogP contribution < -0.4 is 0 Å². The third kappa shape index (κ3) is 6.66. The molecule has 11 aromatic carbocycles. The number of hydrogen-bond donors (Lipinski definition) is 0. The van der Waals surface area contributed by atoms with Crippen LogP contribution in [0.4, 0.5) is 0 Å². The Kier molecular flexibility index (Phi) is 9.20. The third-order valence-corrected chi connectivity index (χ3v) is 15.1. The zero-order valence-electron chi connectivity index (χ0n) is 40.6. The minimum Gasteiger partial charge on any atom is -0.456 e.